The maximum absolute atomic E-state index is 10.8. The molecule has 0 amide bonds. The quantitative estimate of drug-likeness (QED) is 0.217. The van der Waals surface area contributed by atoms with Gasteiger partial charge in [-0.3, -0.25) is 10.2 Å². The zero-order valence-electron chi connectivity index (χ0n) is 9.05. The summed E-state index contributed by atoms with van der Waals surface area (Å²) in [6.07, 6.45) is 2.12. The Labute approximate surface area is 89.7 Å². The summed E-state index contributed by atoms with van der Waals surface area (Å²) in [6, 6.07) is -0.501. The number of nitrogens with two attached hydrogens (primary N) is 1. The molecule has 88 valence electrons. The number of guanidine groups is 1. The molecule has 0 saturated heterocycles. The van der Waals surface area contributed by atoms with Crippen LogP contribution in [0.3, 0.4) is 0 Å². The van der Waals surface area contributed by atoms with Crippen LogP contribution in [-0.2, 0) is 4.79 Å². The molecule has 0 heterocycles. The van der Waals surface area contributed by atoms with Crippen LogP contribution in [0.2, 0.25) is 0 Å². The van der Waals surface area contributed by atoms with Gasteiger partial charge < -0.3 is 21.5 Å². The standard InChI is InChI=1S/C9H20N4O2/c1-2-5-12-7(8(14)15)4-3-6-13-9(10)11/h7,12H,2-6H2,1H3,(H,14,15)(H4,10,11,13). The van der Waals surface area contributed by atoms with Crippen LogP contribution in [0.1, 0.15) is 26.2 Å². The van der Waals surface area contributed by atoms with Crippen LogP contribution in [0.4, 0.5) is 0 Å². The summed E-state index contributed by atoms with van der Waals surface area (Å²) in [5, 5.41) is 21.3. The number of carboxylic acid groups (broad SMARTS) is 1. The van der Waals surface area contributed by atoms with Gasteiger partial charge in [-0.2, -0.15) is 0 Å². The van der Waals surface area contributed by atoms with Crippen molar-refractivity contribution >= 4 is 11.9 Å². The van der Waals surface area contributed by atoms with Gasteiger partial charge in [0.25, 0.3) is 0 Å². The highest BCUT2D eigenvalue weighted by molar-refractivity contribution is 5.74. The molecule has 15 heavy (non-hydrogen) atoms. The van der Waals surface area contributed by atoms with Gasteiger partial charge in [-0.1, -0.05) is 6.92 Å². The van der Waals surface area contributed by atoms with Crippen molar-refractivity contribution in [2.75, 3.05) is 13.1 Å². The lowest BCUT2D eigenvalue weighted by Crippen LogP contribution is -2.38. The molecule has 1 unspecified atom stereocenters. The molecule has 6 heteroatoms. The van der Waals surface area contributed by atoms with Gasteiger partial charge in [0.2, 0.25) is 0 Å². The second-order valence-electron chi connectivity index (χ2n) is 3.33. The number of carboxylic acids is 1. The van der Waals surface area contributed by atoms with E-state index in [-0.39, 0.29) is 5.96 Å². The molecule has 0 aliphatic heterocycles. The summed E-state index contributed by atoms with van der Waals surface area (Å²) in [5.74, 6) is -0.908. The maximum Gasteiger partial charge on any atom is 0.320 e. The largest absolute Gasteiger partial charge is 0.480 e. The Balaban J connectivity index is 3.66. The molecule has 0 aromatic carbocycles. The van der Waals surface area contributed by atoms with Gasteiger partial charge in [0, 0.05) is 6.54 Å². The van der Waals surface area contributed by atoms with Gasteiger partial charge in [-0.15, -0.1) is 0 Å². The third-order valence-corrected chi connectivity index (χ3v) is 1.92. The lowest BCUT2D eigenvalue weighted by Gasteiger charge is -2.13. The van der Waals surface area contributed by atoms with E-state index in [0.29, 0.717) is 25.9 Å². The summed E-state index contributed by atoms with van der Waals surface area (Å²) in [6.45, 7) is 3.23. The first-order valence-electron chi connectivity index (χ1n) is 5.12. The highest BCUT2D eigenvalue weighted by atomic mass is 16.4. The van der Waals surface area contributed by atoms with Crippen LogP contribution in [0.5, 0.6) is 0 Å². The van der Waals surface area contributed by atoms with Crippen LogP contribution in [-0.4, -0.2) is 36.2 Å². The van der Waals surface area contributed by atoms with Crippen molar-refractivity contribution in [1.82, 2.24) is 10.6 Å². The summed E-state index contributed by atoms with van der Waals surface area (Å²) >= 11 is 0. The number of aliphatic carboxylic acids is 1. The highest BCUT2D eigenvalue weighted by Gasteiger charge is 2.14. The minimum absolute atomic E-state index is 0.0802. The smallest absolute Gasteiger partial charge is 0.320 e. The van der Waals surface area contributed by atoms with E-state index in [9.17, 15) is 4.79 Å². The third-order valence-electron chi connectivity index (χ3n) is 1.92. The van der Waals surface area contributed by atoms with E-state index in [1.165, 1.54) is 0 Å². The molecule has 0 aromatic heterocycles. The fourth-order valence-electron chi connectivity index (χ4n) is 1.16. The SMILES string of the molecule is CCCNC(CCCNC(=N)N)C(=O)O. The van der Waals surface area contributed by atoms with E-state index in [1.54, 1.807) is 0 Å². The number of hydrogen-bond acceptors (Lipinski definition) is 3. The minimum atomic E-state index is -0.828. The molecule has 0 aliphatic carbocycles. The Morgan fingerprint density at radius 2 is 2.20 bits per heavy atom. The molecule has 0 radical (unpaired) electrons. The van der Waals surface area contributed by atoms with E-state index in [2.05, 4.69) is 10.6 Å². The Kier molecular flexibility index (Phi) is 7.35. The number of nitrogens with one attached hydrogen (secondary N) is 3. The second-order valence-corrected chi connectivity index (χ2v) is 3.33. The molecule has 1 atom stereocenters. The zero-order valence-corrected chi connectivity index (χ0v) is 9.05. The Morgan fingerprint density at radius 3 is 2.67 bits per heavy atom. The van der Waals surface area contributed by atoms with Crippen molar-refractivity contribution in [2.24, 2.45) is 5.73 Å². The van der Waals surface area contributed by atoms with Crippen LogP contribution in [0.25, 0.3) is 0 Å². The van der Waals surface area contributed by atoms with Gasteiger partial charge in [-0.25, -0.2) is 0 Å². The van der Waals surface area contributed by atoms with E-state index in [4.69, 9.17) is 16.2 Å². The van der Waals surface area contributed by atoms with Crippen LogP contribution < -0.4 is 16.4 Å². The molecular formula is C9H20N4O2. The third kappa shape index (κ3) is 7.75. The van der Waals surface area contributed by atoms with Crippen molar-refractivity contribution in [2.45, 2.75) is 32.2 Å². The Morgan fingerprint density at radius 1 is 1.53 bits per heavy atom. The van der Waals surface area contributed by atoms with Crippen molar-refractivity contribution in [3.05, 3.63) is 0 Å². The molecule has 0 rings (SSSR count). The van der Waals surface area contributed by atoms with Crippen LogP contribution in [0.15, 0.2) is 0 Å². The van der Waals surface area contributed by atoms with Gasteiger partial charge in [0.05, 0.1) is 0 Å². The Bertz CT molecular complexity index is 208. The topological polar surface area (TPSA) is 111 Å². The Hall–Kier alpha value is -1.30. The maximum atomic E-state index is 10.8. The molecule has 0 saturated carbocycles. The fourth-order valence-corrected chi connectivity index (χ4v) is 1.16. The van der Waals surface area contributed by atoms with Crippen LogP contribution in [0, 0.1) is 5.41 Å². The van der Waals surface area contributed by atoms with E-state index < -0.39 is 12.0 Å². The number of rotatable bonds is 8. The molecule has 0 aliphatic rings. The predicted molar refractivity (Wildman–Crippen MR) is 58.9 cm³/mol. The van der Waals surface area contributed by atoms with E-state index in [1.807, 2.05) is 6.92 Å². The average Bonchev–Trinajstić information content (AvgIpc) is 2.15. The first-order chi connectivity index (χ1) is 7.07. The van der Waals surface area contributed by atoms with Crippen molar-refractivity contribution in [1.29, 1.82) is 5.41 Å². The number of carbonyl (C=O) groups is 1. The summed E-state index contributed by atoms with van der Waals surface area (Å²) in [7, 11) is 0. The van der Waals surface area contributed by atoms with Gasteiger partial charge >= 0.3 is 5.97 Å². The minimum Gasteiger partial charge on any atom is -0.480 e. The van der Waals surface area contributed by atoms with E-state index >= 15 is 0 Å². The zero-order chi connectivity index (χ0) is 11.7. The first kappa shape index (κ1) is 13.7. The molecule has 6 nitrogen and oxygen atoms in total. The van der Waals surface area contributed by atoms with Crippen molar-refractivity contribution in [3.63, 3.8) is 0 Å². The predicted octanol–water partition coefficient (Wildman–Crippen LogP) is -0.298. The summed E-state index contributed by atoms with van der Waals surface area (Å²) in [5.41, 5.74) is 5.09. The lowest BCUT2D eigenvalue weighted by molar-refractivity contribution is -0.139. The second kappa shape index (κ2) is 8.05. The number of hydrogen-bond donors (Lipinski definition) is 5. The molecular weight excluding hydrogens is 196 g/mol. The van der Waals surface area contributed by atoms with Gasteiger partial charge in [-0.05, 0) is 25.8 Å². The normalized spacial score (nSPS) is 12.1. The first-order valence-corrected chi connectivity index (χ1v) is 5.12. The monoisotopic (exact) mass is 216 g/mol. The molecule has 6 N–H and O–H groups in total. The van der Waals surface area contributed by atoms with Gasteiger partial charge in [0.15, 0.2) is 5.96 Å². The molecule has 0 spiro atoms. The average molecular weight is 216 g/mol. The molecule has 0 fully saturated rings. The van der Waals surface area contributed by atoms with Crippen molar-refractivity contribution in [3.8, 4) is 0 Å². The fraction of sp³-hybridized carbons (Fsp3) is 0.778. The van der Waals surface area contributed by atoms with Crippen molar-refractivity contribution < 1.29 is 9.90 Å². The van der Waals surface area contributed by atoms with Crippen LogP contribution >= 0.6 is 0 Å². The molecule has 0 bridgehead atoms. The summed E-state index contributed by atoms with van der Waals surface area (Å²) in [4.78, 5) is 10.8. The summed E-state index contributed by atoms with van der Waals surface area (Å²) < 4.78 is 0. The highest BCUT2D eigenvalue weighted by Crippen LogP contribution is 1.97. The van der Waals surface area contributed by atoms with E-state index in [0.717, 1.165) is 6.42 Å². The molecule has 0 aromatic rings. The lowest BCUT2D eigenvalue weighted by atomic mass is 10.1. The van der Waals surface area contributed by atoms with Gasteiger partial charge in [0.1, 0.15) is 6.04 Å².